The number of carbonyl (C=O) groups is 2. The fourth-order valence-electron chi connectivity index (χ4n) is 4.09. The van der Waals surface area contributed by atoms with E-state index in [-0.39, 0.29) is 23.8 Å². The van der Waals surface area contributed by atoms with E-state index < -0.39 is 6.10 Å². The Morgan fingerprint density at radius 1 is 1.24 bits per heavy atom. The molecule has 0 unspecified atom stereocenters. The van der Waals surface area contributed by atoms with Crippen molar-refractivity contribution in [2.75, 3.05) is 13.1 Å². The molecule has 9 heteroatoms. The van der Waals surface area contributed by atoms with Crippen LogP contribution in [0.3, 0.4) is 0 Å². The largest absolute Gasteiger partial charge is 0.391 e. The molecule has 1 fully saturated rings. The van der Waals surface area contributed by atoms with Crippen molar-refractivity contribution in [3.63, 3.8) is 0 Å². The van der Waals surface area contributed by atoms with Crippen LogP contribution in [-0.4, -0.2) is 65.7 Å². The van der Waals surface area contributed by atoms with Crippen LogP contribution in [0.5, 0.6) is 0 Å². The summed E-state index contributed by atoms with van der Waals surface area (Å²) in [5.74, 6) is 1.17. The fraction of sp³-hybridized carbons (Fsp3) is 0.550. The lowest BCUT2D eigenvalue weighted by molar-refractivity contribution is -0.135. The predicted octanol–water partition coefficient (Wildman–Crippen LogP) is 0.928. The Hall–Kier alpha value is -2.81. The molecule has 2 aromatic heterocycles. The first-order valence-corrected chi connectivity index (χ1v) is 9.97. The standard InChI is InChI=1S/C20H26N6O3/c1-12(2)19(28)26-10-14(27)8-16(26)18-23-22-17-11-24(6-7-25(17)18)20(29)15-9-21-5-4-13(15)3/h4-5,9,12,14,16,27H,6-8,10-11H2,1-3H3/t14-,16+/m1/s1. The van der Waals surface area contributed by atoms with Gasteiger partial charge in [-0.3, -0.25) is 14.6 Å². The molecule has 0 radical (unpaired) electrons. The van der Waals surface area contributed by atoms with Gasteiger partial charge >= 0.3 is 0 Å². The van der Waals surface area contributed by atoms with Crippen molar-refractivity contribution in [1.82, 2.24) is 29.5 Å². The van der Waals surface area contributed by atoms with Gasteiger partial charge in [-0.1, -0.05) is 13.8 Å². The lowest BCUT2D eigenvalue weighted by Gasteiger charge is -2.30. The van der Waals surface area contributed by atoms with Gasteiger partial charge in [0.2, 0.25) is 5.91 Å². The van der Waals surface area contributed by atoms with E-state index in [4.69, 9.17) is 0 Å². The number of hydrogen-bond donors (Lipinski definition) is 1. The first-order valence-electron chi connectivity index (χ1n) is 9.97. The first kappa shape index (κ1) is 19.5. The van der Waals surface area contributed by atoms with Crippen molar-refractivity contribution >= 4 is 11.8 Å². The summed E-state index contributed by atoms with van der Waals surface area (Å²) < 4.78 is 1.99. The number of β-amino-alcohol motifs (C(OH)–C–C–N with tert-alkyl or cyclic N) is 1. The summed E-state index contributed by atoms with van der Waals surface area (Å²) in [7, 11) is 0. The third kappa shape index (κ3) is 3.50. The van der Waals surface area contributed by atoms with Gasteiger partial charge in [0.25, 0.3) is 5.91 Å². The Bertz CT molecular complexity index is 940. The highest BCUT2D eigenvalue weighted by Crippen LogP contribution is 2.33. The van der Waals surface area contributed by atoms with Gasteiger partial charge < -0.3 is 19.5 Å². The van der Waals surface area contributed by atoms with Gasteiger partial charge in [-0.15, -0.1) is 10.2 Å². The Morgan fingerprint density at radius 3 is 2.76 bits per heavy atom. The summed E-state index contributed by atoms with van der Waals surface area (Å²) in [5.41, 5.74) is 1.48. The Labute approximate surface area is 169 Å². The third-order valence-corrected chi connectivity index (χ3v) is 5.69. The second-order valence-corrected chi connectivity index (χ2v) is 8.09. The van der Waals surface area contributed by atoms with E-state index in [0.717, 1.165) is 5.56 Å². The number of pyridine rings is 1. The molecule has 2 atom stereocenters. The Balaban J connectivity index is 1.56. The molecular formula is C20H26N6O3. The summed E-state index contributed by atoms with van der Waals surface area (Å²) in [6.07, 6.45) is 3.16. The molecule has 4 rings (SSSR count). The molecule has 0 aromatic carbocycles. The van der Waals surface area contributed by atoms with Gasteiger partial charge in [-0.2, -0.15) is 0 Å². The molecule has 0 spiro atoms. The molecule has 154 valence electrons. The highest BCUT2D eigenvalue weighted by atomic mass is 16.3. The first-order chi connectivity index (χ1) is 13.9. The minimum atomic E-state index is -0.564. The van der Waals surface area contributed by atoms with E-state index in [1.165, 1.54) is 0 Å². The van der Waals surface area contributed by atoms with E-state index in [1.54, 1.807) is 22.2 Å². The monoisotopic (exact) mass is 398 g/mol. The van der Waals surface area contributed by atoms with E-state index in [0.29, 0.717) is 49.8 Å². The van der Waals surface area contributed by atoms with Crippen molar-refractivity contribution in [2.24, 2.45) is 5.92 Å². The van der Waals surface area contributed by atoms with Crippen molar-refractivity contribution < 1.29 is 14.7 Å². The zero-order valence-electron chi connectivity index (χ0n) is 16.9. The van der Waals surface area contributed by atoms with Gasteiger partial charge in [-0.25, -0.2) is 0 Å². The van der Waals surface area contributed by atoms with E-state index in [9.17, 15) is 14.7 Å². The van der Waals surface area contributed by atoms with Crippen LogP contribution >= 0.6 is 0 Å². The maximum Gasteiger partial charge on any atom is 0.256 e. The SMILES string of the molecule is Cc1ccncc1C(=O)N1CCn2c(nnc2[C@@H]2C[C@@H](O)CN2C(=O)C(C)C)C1. The lowest BCUT2D eigenvalue weighted by Crippen LogP contribution is -2.40. The number of amides is 2. The molecule has 2 amide bonds. The van der Waals surface area contributed by atoms with Crippen molar-refractivity contribution in [1.29, 1.82) is 0 Å². The van der Waals surface area contributed by atoms with Crippen LogP contribution in [0.15, 0.2) is 18.5 Å². The second-order valence-electron chi connectivity index (χ2n) is 8.09. The van der Waals surface area contributed by atoms with Gasteiger partial charge in [0.1, 0.15) is 0 Å². The number of aliphatic hydroxyl groups is 1. The van der Waals surface area contributed by atoms with Crippen LogP contribution in [0, 0.1) is 12.8 Å². The summed E-state index contributed by atoms with van der Waals surface area (Å²) in [4.78, 5) is 33.0. The average Bonchev–Trinajstić information content (AvgIpc) is 3.29. The zero-order valence-corrected chi connectivity index (χ0v) is 16.9. The fourth-order valence-corrected chi connectivity index (χ4v) is 4.09. The van der Waals surface area contributed by atoms with E-state index in [1.807, 2.05) is 31.4 Å². The minimum absolute atomic E-state index is 0.00330. The molecule has 0 bridgehead atoms. The molecule has 2 aliphatic rings. The molecule has 0 aliphatic carbocycles. The van der Waals surface area contributed by atoms with Crippen LogP contribution in [0.2, 0.25) is 0 Å². The maximum atomic E-state index is 12.9. The van der Waals surface area contributed by atoms with Crippen molar-refractivity contribution in [2.45, 2.75) is 52.4 Å². The summed E-state index contributed by atoms with van der Waals surface area (Å²) in [6.45, 7) is 7.35. The molecule has 9 nitrogen and oxygen atoms in total. The van der Waals surface area contributed by atoms with Gasteiger partial charge in [-0.05, 0) is 18.6 Å². The molecule has 1 saturated heterocycles. The number of aromatic nitrogens is 4. The quantitative estimate of drug-likeness (QED) is 0.825. The molecule has 2 aromatic rings. The van der Waals surface area contributed by atoms with Crippen LogP contribution < -0.4 is 0 Å². The smallest absolute Gasteiger partial charge is 0.256 e. The predicted molar refractivity (Wildman–Crippen MR) is 104 cm³/mol. The highest BCUT2D eigenvalue weighted by Gasteiger charge is 2.40. The van der Waals surface area contributed by atoms with E-state index in [2.05, 4.69) is 15.2 Å². The van der Waals surface area contributed by atoms with Crippen molar-refractivity contribution in [3.8, 4) is 0 Å². The van der Waals surface area contributed by atoms with Crippen LogP contribution in [-0.2, 0) is 17.9 Å². The maximum absolute atomic E-state index is 12.9. The van der Waals surface area contributed by atoms with Crippen molar-refractivity contribution in [3.05, 3.63) is 41.2 Å². The second kappa shape index (κ2) is 7.55. The summed E-state index contributed by atoms with van der Waals surface area (Å²) in [5, 5.41) is 18.8. The average molecular weight is 398 g/mol. The highest BCUT2D eigenvalue weighted by molar-refractivity contribution is 5.95. The molecule has 29 heavy (non-hydrogen) atoms. The normalized spacial score (nSPS) is 21.6. The lowest BCUT2D eigenvalue weighted by atomic mass is 10.1. The van der Waals surface area contributed by atoms with E-state index >= 15 is 0 Å². The number of aryl methyl sites for hydroxylation is 1. The number of nitrogens with zero attached hydrogens (tertiary/aromatic N) is 6. The molecular weight excluding hydrogens is 372 g/mol. The number of hydrogen-bond acceptors (Lipinski definition) is 6. The molecule has 1 N–H and O–H groups in total. The van der Waals surface area contributed by atoms with Crippen LogP contribution in [0.1, 0.15) is 53.9 Å². The topological polar surface area (TPSA) is 104 Å². The van der Waals surface area contributed by atoms with Gasteiger partial charge in [0, 0.05) is 44.4 Å². The van der Waals surface area contributed by atoms with Gasteiger partial charge in [0.15, 0.2) is 11.6 Å². The number of fused-ring (bicyclic) bond motifs is 1. The van der Waals surface area contributed by atoms with Gasteiger partial charge in [0.05, 0.1) is 24.3 Å². The Morgan fingerprint density at radius 2 is 2.03 bits per heavy atom. The number of likely N-dealkylation sites (tertiary alicyclic amines) is 1. The van der Waals surface area contributed by atoms with Crippen LogP contribution in [0.4, 0.5) is 0 Å². The third-order valence-electron chi connectivity index (χ3n) is 5.69. The number of carbonyl (C=O) groups excluding carboxylic acids is 2. The molecule has 2 aliphatic heterocycles. The summed E-state index contributed by atoms with van der Waals surface area (Å²) in [6, 6.07) is 1.53. The van der Waals surface area contributed by atoms with Crippen LogP contribution in [0.25, 0.3) is 0 Å². The number of aliphatic hydroxyl groups excluding tert-OH is 1. The summed E-state index contributed by atoms with van der Waals surface area (Å²) >= 11 is 0. The Kier molecular flexibility index (Phi) is 5.08. The molecule has 0 saturated carbocycles. The number of rotatable bonds is 3. The zero-order chi connectivity index (χ0) is 20.7. The molecule has 4 heterocycles. The minimum Gasteiger partial charge on any atom is -0.391 e.